The van der Waals surface area contributed by atoms with Crippen LogP contribution in [0.1, 0.15) is 26.7 Å². The summed E-state index contributed by atoms with van der Waals surface area (Å²) < 4.78 is 0. The lowest BCUT2D eigenvalue weighted by Crippen LogP contribution is -2.43. The normalized spacial score (nSPS) is 20.4. The van der Waals surface area contributed by atoms with Crippen LogP contribution in [0.15, 0.2) is 0 Å². The molecule has 1 N–H and O–H groups in total. The van der Waals surface area contributed by atoms with Crippen molar-refractivity contribution in [2.45, 2.75) is 38.8 Å². The van der Waals surface area contributed by atoms with Crippen molar-refractivity contribution in [2.24, 2.45) is 0 Å². The summed E-state index contributed by atoms with van der Waals surface area (Å²) in [4.78, 5) is 37.6. The van der Waals surface area contributed by atoms with Gasteiger partial charge in [0.1, 0.15) is 13.1 Å². The van der Waals surface area contributed by atoms with Crippen LogP contribution in [0.25, 0.3) is 0 Å². The lowest BCUT2D eigenvalue weighted by molar-refractivity contribution is -0.131. The van der Waals surface area contributed by atoms with Crippen molar-refractivity contribution >= 4 is 17.8 Å². The predicted octanol–water partition coefficient (Wildman–Crippen LogP) is -0.0624. The fourth-order valence-corrected chi connectivity index (χ4v) is 1.90. The third-order valence-electron chi connectivity index (χ3n) is 2.82. The van der Waals surface area contributed by atoms with Crippen molar-refractivity contribution in [3.8, 4) is 0 Å². The Morgan fingerprint density at radius 2 is 2.06 bits per heavy atom. The van der Waals surface area contributed by atoms with Gasteiger partial charge in [-0.2, -0.15) is 0 Å². The Hall–Kier alpha value is -1.59. The first-order chi connectivity index (χ1) is 7.99. The number of carbonyl (C=O) groups excluding carboxylic acids is 3. The van der Waals surface area contributed by atoms with E-state index in [0.717, 1.165) is 17.7 Å². The van der Waals surface area contributed by atoms with E-state index in [9.17, 15) is 14.4 Å². The summed E-state index contributed by atoms with van der Waals surface area (Å²) in [6.45, 7) is 3.63. The van der Waals surface area contributed by atoms with Crippen LogP contribution >= 0.6 is 0 Å². The number of nitrogens with one attached hydrogen (secondary N) is 1. The van der Waals surface area contributed by atoms with Crippen molar-refractivity contribution in [3.63, 3.8) is 0 Å². The average Bonchev–Trinajstić information content (AvgIpc) is 3.00. The monoisotopic (exact) mass is 239 g/mol. The lowest BCUT2D eigenvalue weighted by atomic mass is 10.4. The largest absolute Gasteiger partial charge is 0.352 e. The highest BCUT2D eigenvalue weighted by molar-refractivity contribution is 6.04. The second-order valence-corrected chi connectivity index (χ2v) is 4.84. The zero-order chi connectivity index (χ0) is 12.6. The van der Waals surface area contributed by atoms with Gasteiger partial charge in [-0.05, 0) is 26.7 Å². The molecule has 0 aromatic rings. The summed E-state index contributed by atoms with van der Waals surface area (Å²) in [5.74, 6) is -0.569. The minimum Gasteiger partial charge on any atom is -0.352 e. The molecule has 6 heteroatoms. The van der Waals surface area contributed by atoms with Gasteiger partial charge in [0.2, 0.25) is 5.91 Å². The van der Waals surface area contributed by atoms with Crippen LogP contribution in [-0.4, -0.2) is 52.8 Å². The average molecular weight is 239 g/mol. The summed E-state index contributed by atoms with van der Waals surface area (Å²) >= 11 is 0. The van der Waals surface area contributed by atoms with Gasteiger partial charge in [0.25, 0.3) is 5.91 Å². The first-order valence-corrected chi connectivity index (χ1v) is 5.89. The molecular formula is C11H17N3O3. The number of imide groups is 1. The van der Waals surface area contributed by atoms with E-state index < -0.39 is 0 Å². The van der Waals surface area contributed by atoms with Gasteiger partial charge in [-0.3, -0.25) is 14.5 Å². The summed E-state index contributed by atoms with van der Waals surface area (Å²) in [6.07, 6.45) is 1.93. The van der Waals surface area contributed by atoms with Gasteiger partial charge < -0.3 is 10.2 Å². The highest BCUT2D eigenvalue weighted by atomic mass is 16.2. The van der Waals surface area contributed by atoms with Crippen LogP contribution in [0.5, 0.6) is 0 Å². The summed E-state index contributed by atoms with van der Waals surface area (Å²) in [6, 6.07) is -0.101. The molecule has 0 aromatic heterocycles. The first kappa shape index (κ1) is 11.9. The van der Waals surface area contributed by atoms with Crippen molar-refractivity contribution in [1.29, 1.82) is 0 Å². The molecule has 4 amide bonds. The van der Waals surface area contributed by atoms with Crippen LogP contribution in [0, 0.1) is 0 Å². The molecule has 6 nitrogen and oxygen atoms in total. The van der Waals surface area contributed by atoms with Crippen LogP contribution in [0.2, 0.25) is 0 Å². The summed E-state index contributed by atoms with van der Waals surface area (Å²) in [5, 5.41) is 2.67. The highest BCUT2D eigenvalue weighted by Crippen LogP contribution is 2.30. The number of rotatable bonds is 4. The Bertz CT molecular complexity index is 363. The minimum atomic E-state index is -0.323. The molecule has 1 saturated heterocycles. The first-order valence-electron chi connectivity index (χ1n) is 5.89. The number of hydrogen-bond acceptors (Lipinski definition) is 3. The number of urea groups is 1. The quantitative estimate of drug-likeness (QED) is 0.699. The Morgan fingerprint density at radius 1 is 1.41 bits per heavy atom. The maximum absolute atomic E-state index is 11.9. The fourth-order valence-electron chi connectivity index (χ4n) is 1.90. The van der Waals surface area contributed by atoms with Gasteiger partial charge in [0, 0.05) is 12.1 Å². The third-order valence-corrected chi connectivity index (χ3v) is 2.82. The lowest BCUT2D eigenvalue weighted by Gasteiger charge is -2.16. The van der Waals surface area contributed by atoms with Crippen molar-refractivity contribution in [3.05, 3.63) is 0 Å². The number of carbonyl (C=O) groups is 3. The number of amides is 4. The minimum absolute atomic E-state index is 0.00911. The van der Waals surface area contributed by atoms with Crippen molar-refractivity contribution in [2.75, 3.05) is 13.1 Å². The molecule has 2 rings (SSSR count). The van der Waals surface area contributed by atoms with E-state index in [0.29, 0.717) is 0 Å². The van der Waals surface area contributed by atoms with Gasteiger partial charge in [0.05, 0.1) is 0 Å². The molecule has 0 aromatic carbocycles. The molecule has 94 valence electrons. The van der Waals surface area contributed by atoms with E-state index >= 15 is 0 Å². The van der Waals surface area contributed by atoms with Gasteiger partial charge in [-0.15, -0.1) is 0 Å². The Morgan fingerprint density at radius 3 is 2.59 bits per heavy atom. The maximum atomic E-state index is 11.9. The Labute approximate surface area is 99.9 Å². The van der Waals surface area contributed by atoms with E-state index in [2.05, 4.69) is 5.32 Å². The smallest absolute Gasteiger partial charge is 0.327 e. The maximum Gasteiger partial charge on any atom is 0.327 e. The molecule has 1 aliphatic heterocycles. The molecule has 0 radical (unpaired) electrons. The van der Waals surface area contributed by atoms with Crippen LogP contribution in [0.3, 0.4) is 0 Å². The van der Waals surface area contributed by atoms with E-state index in [1.165, 1.54) is 0 Å². The second-order valence-electron chi connectivity index (χ2n) is 4.84. The van der Waals surface area contributed by atoms with Gasteiger partial charge >= 0.3 is 6.03 Å². The molecule has 1 saturated carbocycles. The van der Waals surface area contributed by atoms with Gasteiger partial charge in [-0.25, -0.2) is 4.79 Å². The third kappa shape index (κ3) is 2.57. The molecule has 0 spiro atoms. The molecule has 0 atom stereocenters. The molecule has 2 aliphatic rings. The van der Waals surface area contributed by atoms with Crippen molar-refractivity contribution in [1.82, 2.24) is 15.1 Å². The molecule has 0 bridgehead atoms. The van der Waals surface area contributed by atoms with Crippen LogP contribution < -0.4 is 5.32 Å². The number of hydrogen-bond donors (Lipinski definition) is 1. The topological polar surface area (TPSA) is 69.7 Å². The SMILES string of the molecule is CC(C)NC(=O)CN1C(=O)CN(C2CC2)C1=O. The van der Waals surface area contributed by atoms with Gasteiger partial charge in [0.15, 0.2) is 0 Å². The summed E-state index contributed by atoms with van der Waals surface area (Å²) in [5.41, 5.74) is 0. The second kappa shape index (κ2) is 4.35. The molecule has 2 fully saturated rings. The van der Waals surface area contributed by atoms with E-state index in [1.54, 1.807) is 4.90 Å². The van der Waals surface area contributed by atoms with Crippen molar-refractivity contribution < 1.29 is 14.4 Å². The highest BCUT2D eigenvalue weighted by Gasteiger charge is 2.44. The Balaban J connectivity index is 1.94. The number of nitrogens with zero attached hydrogens (tertiary/aromatic N) is 2. The Kier molecular flexibility index (Phi) is 3.04. The molecule has 1 aliphatic carbocycles. The standard InChI is InChI=1S/C11H17N3O3/c1-7(2)12-9(15)5-14-10(16)6-13(11(14)17)8-3-4-8/h7-8H,3-6H2,1-2H3,(H,12,15). The summed E-state index contributed by atoms with van der Waals surface area (Å²) in [7, 11) is 0. The van der Waals surface area contributed by atoms with Crippen LogP contribution in [0.4, 0.5) is 4.79 Å². The van der Waals surface area contributed by atoms with E-state index in [4.69, 9.17) is 0 Å². The van der Waals surface area contributed by atoms with E-state index in [1.807, 2.05) is 13.8 Å². The zero-order valence-corrected chi connectivity index (χ0v) is 10.1. The molecule has 0 unspecified atom stereocenters. The van der Waals surface area contributed by atoms with Crippen LogP contribution in [-0.2, 0) is 9.59 Å². The van der Waals surface area contributed by atoms with Gasteiger partial charge in [-0.1, -0.05) is 0 Å². The van der Waals surface area contributed by atoms with E-state index in [-0.39, 0.29) is 43.0 Å². The predicted molar refractivity (Wildman–Crippen MR) is 60.1 cm³/mol. The molecule has 17 heavy (non-hydrogen) atoms. The molecule has 1 heterocycles. The zero-order valence-electron chi connectivity index (χ0n) is 10.1. The fraction of sp³-hybridized carbons (Fsp3) is 0.727. The molecular weight excluding hydrogens is 222 g/mol.